The molecule has 0 atom stereocenters. The summed E-state index contributed by atoms with van der Waals surface area (Å²) in [7, 11) is 0. The van der Waals surface area contributed by atoms with Crippen molar-refractivity contribution in [1.82, 2.24) is 9.97 Å². The van der Waals surface area contributed by atoms with Crippen molar-refractivity contribution in [3.63, 3.8) is 0 Å². The maximum Gasteiger partial charge on any atom is 0.271 e. The topological polar surface area (TPSA) is 71.8 Å². The zero-order valence-electron chi connectivity index (χ0n) is 9.55. The van der Waals surface area contributed by atoms with Crippen LogP contribution in [0.5, 0.6) is 0 Å². The summed E-state index contributed by atoms with van der Waals surface area (Å²) in [6.45, 7) is 0. The monoisotopic (exact) mass is 237 g/mol. The van der Waals surface area contributed by atoms with E-state index in [2.05, 4.69) is 9.97 Å². The lowest BCUT2D eigenvalue weighted by Gasteiger charge is -2.03. The Hall–Kier alpha value is -2.62. The number of pyridine rings is 2. The molecule has 0 aliphatic rings. The second-order valence-corrected chi connectivity index (χ2v) is 4.09. The summed E-state index contributed by atoms with van der Waals surface area (Å²) in [6, 6.07) is 11.6. The Balaban J connectivity index is 2.19. The molecule has 0 amide bonds. The number of aromatic nitrogens is 2. The largest absolute Gasteiger partial charge is 0.394 e. The zero-order valence-corrected chi connectivity index (χ0v) is 9.55. The number of aromatic amines is 1. The molecule has 0 fully saturated rings. The van der Waals surface area contributed by atoms with E-state index < -0.39 is 0 Å². The molecule has 18 heavy (non-hydrogen) atoms. The highest BCUT2D eigenvalue weighted by Gasteiger charge is 2.03. The number of nitrogens with two attached hydrogens (primary N) is 1. The third-order valence-electron chi connectivity index (χ3n) is 2.86. The average molecular weight is 237 g/mol. The van der Waals surface area contributed by atoms with Crippen molar-refractivity contribution >= 4 is 16.5 Å². The van der Waals surface area contributed by atoms with Gasteiger partial charge >= 0.3 is 0 Å². The first kappa shape index (κ1) is 10.5. The maximum absolute atomic E-state index is 11.2. The van der Waals surface area contributed by atoms with Gasteiger partial charge in [-0.3, -0.25) is 9.78 Å². The minimum Gasteiger partial charge on any atom is -0.394 e. The molecule has 0 unspecified atom stereocenters. The van der Waals surface area contributed by atoms with Crippen LogP contribution in [0.25, 0.3) is 22.0 Å². The van der Waals surface area contributed by atoms with E-state index in [1.807, 2.05) is 36.5 Å². The Bertz CT molecular complexity index is 777. The van der Waals surface area contributed by atoms with E-state index >= 15 is 0 Å². The number of nitrogen functional groups attached to an aromatic ring is 1. The fourth-order valence-corrected chi connectivity index (χ4v) is 1.89. The Labute approximate surface area is 103 Å². The number of fused-ring (bicyclic) bond motifs is 1. The lowest BCUT2D eigenvalue weighted by Crippen LogP contribution is -2.10. The van der Waals surface area contributed by atoms with E-state index in [-0.39, 0.29) is 11.2 Å². The van der Waals surface area contributed by atoms with Gasteiger partial charge in [-0.05, 0) is 17.5 Å². The summed E-state index contributed by atoms with van der Waals surface area (Å²) in [5.74, 6) is 0. The van der Waals surface area contributed by atoms with E-state index in [1.54, 1.807) is 12.3 Å². The standard InChI is InChI=1S/C14H11N3O/c15-12-5-11(8-17-14(12)18)13-6-9-3-1-2-4-10(9)7-16-13/h1-8H,15H2,(H,17,18). The summed E-state index contributed by atoms with van der Waals surface area (Å²) in [5.41, 5.74) is 7.11. The summed E-state index contributed by atoms with van der Waals surface area (Å²) in [4.78, 5) is 18.2. The Morgan fingerprint density at radius 3 is 2.67 bits per heavy atom. The molecule has 2 heterocycles. The molecule has 0 saturated carbocycles. The molecular weight excluding hydrogens is 226 g/mol. The summed E-state index contributed by atoms with van der Waals surface area (Å²) < 4.78 is 0. The maximum atomic E-state index is 11.2. The highest BCUT2D eigenvalue weighted by molar-refractivity contribution is 5.85. The molecule has 4 nitrogen and oxygen atoms in total. The van der Waals surface area contributed by atoms with Gasteiger partial charge in [-0.15, -0.1) is 0 Å². The van der Waals surface area contributed by atoms with Gasteiger partial charge in [0.1, 0.15) is 0 Å². The first-order chi connectivity index (χ1) is 8.74. The van der Waals surface area contributed by atoms with Crippen LogP contribution in [-0.4, -0.2) is 9.97 Å². The Morgan fingerprint density at radius 2 is 1.89 bits per heavy atom. The van der Waals surface area contributed by atoms with Crippen LogP contribution < -0.4 is 11.3 Å². The number of hydrogen-bond acceptors (Lipinski definition) is 3. The Kier molecular flexibility index (Phi) is 2.34. The Morgan fingerprint density at radius 1 is 1.11 bits per heavy atom. The molecule has 3 aromatic rings. The fourth-order valence-electron chi connectivity index (χ4n) is 1.89. The second-order valence-electron chi connectivity index (χ2n) is 4.09. The predicted molar refractivity (Wildman–Crippen MR) is 72.2 cm³/mol. The summed E-state index contributed by atoms with van der Waals surface area (Å²) in [6.07, 6.45) is 3.43. The number of rotatable bonds is 1. The third kappa shape index (κ3) is 1.73. The van der Waals surface area contributed by atoms with Crippen molar-refractivity contribution in [3.8, 4) is 11.3 Å². The van der Waals surface area contributed by atoms with Crippen LogP contribution in [0.3, 0.4) is 0 Å². The molecule has 4 heteroatoms. The fraction of sp³-hybridized carbons (Fsp3) is 0. The molecule has 88 valence electrons. The second kappa shape index (κ2) is 4.00. The van der Waals surface area contributed by atoms with Gasteiger partial charge in [0.2, 0.25) is 0 Å². The van der Waals surface area contributed by atoms with E-state index in [1.165, 1.54) is 0 Å². The third-order valence-corrected chi connectivity index (χ3v) is 2.86. The average Bonchev–Trinajstić information content (AvgIpc) is 2.41. The molecule has 0 spiro atoms. The van der Waals surface area contributed by atoms with E-state index in [0.717, 1.165) is 22.0 Å². The molecule has 3 N–H and O–H groups in total. The van der Waals surface area contributed by atoms with Crippen LogP contribution in [-0.2, 0) is 0 Å². The van der Waals surface area contributed by atoms with Gasteiger partial charge in [0.05, 0.1) is 11.4 Å². The molecular formula is C14H11N3O. The van der Waals surface area contributed by atoms with Crippen LogP contribution in [0.1, 0.15) is 0 Å². The van der Waals surface area contributed by atoms with Crippen molar-refractivity contribution in [2.75, 3.05) is 5.73 Å². The van der Waals surface area contributed by atoms with Gasteiger partial charge in [-0.1, -0.05) is 24.3 Å². The predicted octanol–water partition coefficient (Wildman–Crippen LogP) is 2.17. The van der Waals surface area contributed by atoms with Gasteiger partial charge in [0.25, 0.3) is 5.56 Å². The number of benzene rings is 1. The summed E-state index contributed by atoms with van der Waals surface area (Å²) in [5, 5.41) is 2.19. The lowest BCUT2D eigenvalue weighted by molar-refractivity contribution is 1.23. The van der Waals surface area contributed by atoms with Gasteiger partial charge in [-0.2, -0.15) is 0 Å². The van der Waals surface area contributed by atoms with Gasteiger partial charge in [0, 0.05) is 23.3 Å². The molecule has 3 rings (SSSR count). The van der Waals surface area contributed by atoms with E-state index in [0.29, 0.717) is 0 Å². The van der Waals surface area contributed by atoms with Crippen molar-refractivity contribution in [1.29, 1.82) is 0 Å². The van der Waals surface area contributed by atoms with Crippen molar-refractivity contribution in [2.45, 2.75) is 0 Å². The highest BCUT2D eigenvalue weighted by Crippen LogP contribution is 2.21. The molecule has 1 aromatic carbocycles. The number of hydrogen-bond donors (Lipinski definition) is 2. The quantitative estimate of drug-likeness (QED) is 0.681. The van der Waals surface area contributed by atoms with Gasteiger partial charge < -0.3 is 10.7 Å². The molecule has 0 aliphatic carbocycles. The molecule has 0 radical (unpaired) electrons. The van der Waals surface area contributed by atoms with Crippen LogP contribution in [0, 0.1) is 0 Å². The minimum absolute atomic E-state index is 0.197. The SMILES string of the molecule is Nc1cc(-c2cc3ccccc3cn2)c[nH]c1=O. The van der Waals surface area contributed by atoms with Crippen LogP contribution in [0.15, 0.2) is 53.6 Å². The molecule has 0 bridgehead atoms. The van der Waals surface area contributed by atoms with Crippen molar-refractivity contribution in [3.05, 3.63) is 59.1 Å². The normalized spacial score (nSPS) is 10.7. The minimum atomic E-state index is -0.278. The van der Waals surface area contributed by atoms with E-state index in [9.17, 15) is 4.79 Å². The lowest BCUT2D eigenvalue weighted by atomic mass is 10.1. The molecule has 2 aromatic heterocycles. The first-order valence-electron chi connectivity index (χ1n) is 5.57. The van der Waals surface area contributed by atoms with Crippen molar-refractivity contribution < 1.29 is 0 Å². The number of H-pyrrole nitrogens is 1. The smallest absolute Gasteiger partial charge is 0.271 e. The molecule has 0 aliphatic heterocycles. The first-order valence-corrected chi connectivity index (χ1v) is 5.57. The van der Waals surface area contributed by atoms with Gasteiger partial charge in [0.15, 0.2) is 0 Å². The van der Waals surface area contributed by atoms with Crippen LogP contribution in [0.2, 0.25) is 0 Å². The van der Waals surface area contributed by atoms with E-state index in [4.69, 9.17) is 5.73 Å². The summed E-state index contributed by atoms with van der Waals surface area (Å²) >= 11 is 0. The van der Waals surface area contributed by atoms with Crippen LogP contribution in [0.4, 0.5) is 5.69 Å². The molecule has 0 saturated heterocycles. The number of nitrogens with one attached hydrogen (secondary N) is 1. The van der Waals surface area contributed by atoms with Crippen LogP contribution >= 0.6 is 0 Å². The van der Waals surface area contributed by atoms with Crippen molar-refractivity contribution in [2.24, 2.45) is 0 Å². The number of nitrogens with zero attached hydrogens (tertiary/aromatic N) is 1. The highest BCUT2D eigenvalue weighted by atomic mass is 16.1. The van der Waals surface area contributed by atoms with Gasteiger partial charge in [-0.25, -0.2) is 0 Å². The number of anilines is 1. The zero-order chi connectivity index (χ0) is 12.5.